The number of nitrogens with zero attached hydrogens (tertiary/aromatic N) is 9. The van der Waals surface area contributed by atoms with Crippen LogP contribution in [0, 0.1) is 11.3 Å². The van der Waals surface area contributed by atoms with E-state index in [0.717, 1.165) is 53.2 Å². The molecule has 4 aromatic rings. The predicted molar refractivity (Wildman–Crippen MR) is 165 cm³/mol. The quantitative estimate of drug-likeness (QED) is 0.280. The van der Waals surface area contributed by atoms with Crippen LogP contribution in [0.25, 0.3) is 27.8 Å². The number of carboxylic acids is 2. The van der Waals surface area contributed by atoms with Crippen molar-refractivity contribution in [1.29, 1.82) is 5.26 Å². The van der Waals surface area contributed by atoms with Gasteiger partial charge in [0.15, 0.2) is 0 Å². The Labute approximate surface area is 280 Å². The number of aliphatic carboxylic acids is 2. The molecule has 20 heteroatoms. The Hall–Kier alpha value is -5.71. The van der Waals surface area contributed by atoms with Gasteiger partial charge >= 0.3 is 24.3 Å². The van der Waals surface area contributed by atoms with E-state index in [-0.39, 0.29) is 5.91 Å². The van der Waals surface area contributed by atoms with Gasteiger partial charge in [-0.05, 0) is 32.3 Å². The van der Waals surface area contributed by atoms with E-state index in [1.165, 1.54) is 0 Å². The molecular formula is C30H31F6N9O5. The fourth-order valence-electron chi connectivity index (χ4n) is 4.55. The van der Waals surface area contributed by atoms with Crippen molar-refractivity contribution in [3.63, 3.8) is 0 Å². The summed E-state index contributed by atoms with van der Waals surface area (Å²) in [6, 6.07) is 8.35. The number of aromatic nitrogens is 5. The summed E-state index contributed by atoms with van der Waals surface area (Å²) in [5.74, 6) is -4.43. The van der Waals surface area contributed by atoms with Crippen LogP contribution in [0.15, 0.2) is 49.2 Å². The number of pyridine rings is 2. The van der Waals surface area contributed by atoms with Crippen LogP contribution in [0.5, 0.6) is 0 Å². The highest BCUT2D eigenvalue weighted by Crippen LogP contribution is 2.32. The molecule has 0 bridgehead atoms. The number of halogens is 6. The highest BCUT2D eigenvalue weighted by atomic mass is 19.4. The Morgan fingerprint density at radius 1 is 0.880 bits per heavy atom. The van der Waals surface area contributed by atoms with Crippen LogP contribution in [0.2, 0.25) is 0 Å². The van der Waals surface area contributed by atoms with E-state index in [1.807, 2.05) is 67.9 Å². The summed E-state index contributed by atoms with van der Waals surface area (Å²) in [6.45, 7) is 3.67. The molecule has 1 saturated heterocycles. The molecule has 0 aromatic carbocycles. The minimum absolute atomic E-state index is 0.207. The summed E-state index contributed by atoms with van der Waals surface area (Å²) < 4.78 is 67.0. The Kier molecular flexibility index (Phi) is 12.5. The summed E-state index contributed by atoms with van der Waals surface area (Å²) in [4.78, 5) is 41.2. The molecule has 5 heterocycles. The van der Waals surface area contributed by atoms with Crippen molar-refractivity contribution >= 4 is 29.2 Å². The van der Waals surface area contributed by atoms with Gasteiger partial charge in [-0.25, -0.2) is 19.1 Å². The fourth-order valence-corrected chi connectivity index (χ4v) is 4.55. The number of piperazine rings is 1. The molecule has 0 atom stereocenters. The van der Waals surface area contributed by atoms with Gasteiger partial charge in [0.1, 0.15) is 11.9 Å². The molecule has 0 unspecified atom stereocenters. The number of anilines is 1. The third kappa shape index (κ3) is 10.4. The van der Waals surface area contributed by atoms with E-state index in [2.05, 4.69) is 27.2 Å². The molecule has 268 valence electrons. The summed E-state index contributed by atoms with van der Waals surface area (Å²) in [6.07, 6.45) is -0.505. The molecule has 14 nitrogen and oxygen atoms in total. The second kappa shape index (κ2) is 16.1. The van der Waals surface area contributed by atoms with Crippen molar-refractivity contribution in [2.45, 2.75) is 18.8 Å². The first-order valence-electron chi connectivity index (χ1n) is 14.5. The highest BCUT2D eigenvalue weighted by Gasteiger charge is 2.39. The zero-order valence-electron chi connectivity index (χ0n) is 26.8. The summed E-state index contributed by atoms with van der Waals surface area (Å²) in [7, 11) is 5.84. The standard InChI is InChI=1S/C26H29N9O.2C2HF3O2/c1-31(2)7-6-25(36)34-10-8-33(9-11-34)24-5-4-19(14-28-24)23-12-20(22-16-29-32(3)17-22)18-35-26(23)21(13-27)15-30-35;2*3-2(4,5)1(6)7/h4-5,12,14-18H,6-11H2,1-3H3;2*(H,6,7). The predicted octanol–water partition coefficient (Wildman–Crippen LogP) is 3.54. The van der Waals surface area contributed by atoms with Crippen LogP contribution in [0.3, 0.4) is 0 Å². The third-order valence-electron chi connectivity index (χ3n) is 7.04. The molecule has 1 amide bonds. The van der Waals surface area contributed by atoms with Crippen LogP contribution in [-0.4, -0.2) is 121 Å². The van der Waals surface area contributed by atoms with Crippen LogP contribution >= 0.6 is 0 Å². The number of fused-ring (bicyclic) bond motifs is 1. The van der Waals surface area contributed by atoms with Gasteiger partial charge in [0.05, 0.1) is 23.5 Å². The zero-order valence-corrected chi connectivity index (χ0v) is 26.8. The molecule has 4 aromatic heterocycles. The van der Waals surface area contributed by atoms with E-state index in [4.69, 9.17) is 24.8 Å². The second-order valence-corrected chi connectivity index (χ2v) is 10.9. The molecule has 1 aliphatic rings. The number of carbonyl (C=O) groups is 3. The second-order valence-electron chi connectivity index (χ2n) is 10.9. The number of hydrogen-bond donors (Lipinski definition) is 2. The van der Waals surface area contributed by atoms with E-state index in [9.17, 15) is 36.4 Å². The number of rotatable bonds is 6. The van der Waals surface area contributed by atoms with Gasteiger partial charge < -0.3 is 24.9 Å². The number of hydrogen-bond acceptors (Lipinski definition) is 9. The lowest BCUT2D eigenvalue weighted by Gasteiger charge is -2.35. The van der Waals surface area contributed by atoms with E-state index in [1.54, 1.807) is 15.4 Å². The van der Waals surface area contributed by atoms with Gasteiger partial charge in [-0.3, -0.25) is 9.48 Å². The van der Waals surface area contributed by atoms with Crippen LogP contribution in [0.4, 0.5) is 32.2 Å². The van der Waals surface area contributed by atoms with E-state index < -0.39 is 24.3 Å². The zero-order chi connectivity index (χ0) is 37.4. The van der Waals surface area contributed by atoms with Crippen molar-refractivity contribution in [3.05, 3.63) is 54.7 Å². The van der Waals surface area contributed by atoms with Gasteiger partial charge in [-0.2, -0.15) is 41.8 Å². The maximum Gasteiger partial charge on any atom is 0.490 e. The van der Waals surface area contributed by atoms with Crippen molar-refractivity contribution in [3.8, 4) is 28.3 Å². The van der Waals surface area contributed by atoms with Gasteiger partial charge in [-0.1, -0.05) is 0 Å². The van der Waals surface area contributed by atoms with Crippen LogP contribution in [0.1, 0.15) is 12.0 Å². The number of carbonyl (C=O) groups excluding carboxylic acids is 1. The Bertz CT molecular complexity index is 1810. The highest BCUT2D eigenvalue weighted by molar-refractivity contribution is 5.87. The number of aryl methyl sites for hydroxylation is 1. The molecule has 50 heavy (non-hydrogen) atoms. The van der Waals surface area contributed by atoms with Crippen molar-refractivity contribution in [2.24, 2.45) is 7.05 Å². The lowest BCUT2D eigenvalue weighted by atomic mass is 10.0. The molecule has 1 aliphatic heterocycles. The Balaban J connectivity index is 0.000000408. The van der Waals surface area contributed by atoms with E-state index >= 15 is 0 Å². The van der Waals surface area contributed by atoms with Crippen LogP contribution < -0.4 is 4.90 Å². The minimum atomic E-state index is -5.08. The molecule has 0 aliphatic carbocycles. The van der Waals surface area contributed by atoms with Gasteiger partial charge in [0.2, 0.25) is 5.91 Å². The minimum Gasteiger partial charge on any atom is -0.475 e. The van der Waals surface area contributed by atoms with Gasteiger partial charge in [-0.15, -0.1) is 0 Å². The molecule has 1 fully saturated rings. The third-order valence-corrected chi connectivity index (χ3v) is 7.04. The van der Waals surface area contributed by atoms with Crippen molar-refractivity contribution < 1.29 is 50.9 Å². The number of amides is 1. The van der Waals surface area contributed by atoms with Gasteiger partial charge in [0, 0.05) is 87.0 Å². The average Bonchev–Trinajstić information content (AvgIpc) is 3.69. The van der Waals surface area contributed by atoms with E-state index in [0.29, 0.717) is 25.1 Å². The first kappa shape index (κ1) is 38.7. The topological polar surface area (TPSA) is 173 Å². The number of nitriles is 1. The van der Waals surface area contributed by atoms with Crippen LogP contribution in [-0.2, 0) is 21.4 Å². The molecule has 2 N–H and O–H groups in total. The first-order valence-corrected chi connectivity index (χ1v) is 14.5. The number of alkyl halides is 6. The van der Waals surface area contributed by atoms with Crippen molar-refractivity contribution in [2.75, 3.05) is 51.7 Å². The summed E-state index contributed by atoms with van der Waals surface area (Å²) in [5, 5.41) is 32.6. The lowest BCUT2D eigenvalue weighted by Crippen LogP contribution is -2.49. The Morgan fingerprint density at radius 2 is 1.48 bits per heavy atom. The maximum absolute atomic E-state index is 12.4. The molecule has 5 rings (SSSR count). The largest absolute Gasteiger partial charge is 0.490 e. The maximum atomic E-state index is 12.4. The molecule has 0 radical (unpaired) electrons. The summed E-state index contributed by atoms with van der Waals surface area (Å²) in [5.41, 5.74) is 4.99. The van der Waals surface area contributed by atoms with Gasteiger partial charge in [0.25, 0.3) is 0 Å². The summed E-state index contributed by atoms with van der Waals surface area (Å²) >= 11 is 0. The van der Waals surface area contributed by atoms with Crippen molar-refractivity contribution in [1.82, 2.24) is 34.2 Å². The number of carboxylic acid groups (broad SMARTS) is 2. The lowest BCUT2D eigenvalue weighted by molar-refractivity contribution is -0.193. The normalized spacial score (nSPS) is 13.2. The Morgan fingerprint density at radius 3 is 1.94 bits per heavy atom. The smallest absolute Gasteiger partial charge is 0.475 e. The SMILES string of the molecule is CN(C)CCC(=O)N1CCN(c2ccc(-c3cc(-c4cnn(C)c4)cn4ncc(C#N)c34)cn2)CC1.O=C(O)C(F)(F)F.O=C(O)C(F)(F)F. The molecule has 0 saturated carbocycles. The molecule has 0 spiro atoms. The molecular weight excluding hydrogens is 680 g/mol. The first-order chi connectivity index (χ1) is 23.3. The average molecular weight is 712 g/mol. The fraction of sp³-hybridized carbons (Fsp3) is 0.367. The monoisotopic (exact) mass is 711 g/mol.